The minimum atomic E-state index is 0. The third-order valence-corrected chi connectivity index (χ3v) is 4.73. The summed E-state index contributed by atoms with van der Waals surface area (Å²) in [5, 5.41) is 11.0. The van der Waals surface area contributed by atoms with Crippen molar-refractivity contribution in [3.8, 4) is 5.69 Å². The molecule has 3 heterocycles. The van der Waals surface area contributed by atoms with Crippen LogP contribution in [0, 0.1) is 0 Å². The van der Waals surface area contributed by atoms with Crippen molar-refractivity contribution in [1.29, 1.82) is 0 Å². The van der Waals surface area contributed by atoms with E-state index in [1.54, 1.807) is 18.1 Å². The quantitative estimate of drug-likeness (QED) is 0.419. The molecule has 2 aliphatic heterocycles. The zero-order chi connectivity index (χ0) is 16.4. The van der Waals surface area contributed by atoms with Crippen LogP contribution in [0.4, 0.5) is 0 Å². The van der Waals surface area contributed by atoms with Crippen LogP contribution in [0.2, 0.25) is 0 Å². The third kappa shape index (κ3) is 4.12. The van der Waals surface area contributed by atoms with E-state index in [9.17, 15) is 0 Å². The van der Waals surface area contributed by atoms with Crippen molar-refractivity contribution in [3.63, 3.8) is 0 Å². The molecule has 2 saturated heterocycles. The number of benzene rings is 1. The molecule has 7 nitrogen and oxygen atoms in total. The van der Waals surface area contributed by atoms with Gasteiger partial charge in [0.2, 0.25) is 0 Å². The number of ether oxygens (including phenoxy) is 1. The van der Waals surface area contributed by atoms with Crippen LogP contribution in [0.5, 0.6) is 0 Å². The first-order valence-corrected chi connectivity index (χ1v) is 8.38. The molecular formula is C17H23IN6O. The highest BCUT2D eigenvalue weighted by atomic mass is 127. The van der Waals surface area contributed by atoms with E-state index in [0.29, 0.717) is 18.2 Å². The number of aliphatic imine (C=N–C) groups is 1. The highest BCUT2D eigenvalue weighted by molar-refractivity contribution is 14.0. The monoisotopic (exact) mass is 454 g/mol. The summed E-state index contributed by atoms with van der Waals surface area (Å²) in [4.78, 5) is 8.29. The zero-order valence-corrected chi connectivity index (χ0v) is 16.5. The van der Waals surface area contributed by atoms with Gasteiger partial charge in [0.1, 0.15) is 12.7 Å². The van der Waals surface area contributed by atoms with Crippen LogP contribution in [-0.4, -0.2) is 46.0 Å². The maximum Gasteiger partial charge on any atom is 0.191 e. The summed E-state index contributed by atoms with van der Waals surface area (Å²) >= 11 is 0. The number of halogens is 1. The molecule has 1 aromatic heterocycles. The van der Waals surface area contributed by atoms with Crippen molar-refractivity contribution in [2.24, 2.45) is 4.99 Å². The lowest BCUT2D eigenvalue weighted by molar-refractivity contribution is 0.0992. The molecule has 0 amide bonds. The van der Waals surface area contributed by atoms with E-state index in [1.165, 1.54) is 18.3 Å². The summed E-state index contributed by atoms with van der Waals surface area (Å²) in [6, 6.07) is 8.61. The van der Waals surface area contributed by atoms with Gasteiger partial charge in [0.25, 0.3) is 0 Å². The van der Waals surface area contributed by atoms with Crippen LogP contribution in [0.15, 0.2) is 41.9 Å². The smallest absolute Gasteiger partial charge is 0.191 e. The fourth-order valence-electron chi connectivity index (χ4n) is 3.45. The molecule has 4 rings (SSSR count). The highest BCUT2D eigenvalue weighted by Crippen LogP contribution is 2.34. The lowest BCUT2D eigenvalue weighted by Crippen LogP contribution is -2.47. The van der Waals surface area contributed by atoms with Gasteiger partial charge in [-0.15, -0.1) is 24.0 Å². The molecule has 2 fully saturated rings. The van der Waals surface area contributed by atoms with E-state index < -0.39 is 0 Å². The Hall–Kier alpha value is -1.68. The lowest BCUT2D eigenvalue weighted by Gasteiger charge is -2.22. The molecule has 1 aromatic carbocycles. The average molecular weight is 454 g/mol. The number of aromatic nitrogens is 3. The van der Waals surface area contributed by atoms with Crippen LogP contribution in [0.25, 0.3) is 5.69 Å². The van der Waals surface area contributed by atoms with Gasteiger partial charge in [0.15, 0.2) is 5.96 Å². The van der Waals surface area contributed by atoms with Crippen LogP contribution < -0.4 is 10.6 Å². The van der Waals surface area contributed by atoms with Crippen LogP contribution in [-0.2, 0) is 11.3 Å². The van der Waals surface area contributed by atoms with E-state index >= 15 is 0 Å². The Morgan fingerprint density at radius 1 is 1.32 bits per heavy atom. The van der Waals surface area contributed by atoms with Gasteiger partial charge in [-0.25, -0.2) is 9.67 Å². The van der Waals surface area contributed by atoms with E-state index in [1.807, 2.05) is 12.1 Å². The summed E-state index contributed by atoms with van der Waals surface area (Å²) in [6.45, 7) is 0.721. The first-order valence-electron chi connectivity index (χ1n) is 8.38. The van der Waals surface area contributed by atoms with Gasteiger partial charge in [-0.1, -0.05) is 12.1 Å². The molecule has 2 aromatic rings. The Balaban J connectivity index is 0.00000182. The van der Waals surface area contributed by atoms with Crippen molar-refractivity contribution in [2.75, 3.05) is 7.05 Å². The van der Waals surface area contributed by atoms with Gasteiger partial charge in [-0.3, -0.25) is 4.99 Å². The van der Waals surface area contributed by atoms with Crippen LogP contribution >= 0.6 is 24.0 Å². The number of nitrogens with zero attached hydrogens (tertiary/aromatic N) is 4. The molecular weight excluding hydrogens is 431 g/mol. The van der Waals surface area contributed by atoms with Crippen LogP contribution in [0.1, 0.15) is 24.8 Å². The molecule has 2 aliphatic rings. The molecule has 0 saturated carbocycles. The molecule has 0 spiro atoms. The minimum absolute atomic E-state index is 0. The van der Waals surface area contributed by atoms with Gasteiger partial charge in [0, 0.05) is 13.6 Å². The van der Waals surface area contributed by atoms with E-state index in [2.05, 4.69) is 37.8 Å². The Morgan fingerprint density at radius 2 is 2.16 bits per heavy atom. The standard InChI is InChI=1S/C17H22N6O.HI/c1-18-17(22-15-8-14-6-7-16(15)24-14)20-9-12-2-4-13(5-3-12)23-11-19-10-21-23;/h2-5,10-11,14-16H,6-9H2,1H3,(H2,18,20,22);1H. The second-order valence-electron chi connectivity index (χ2n) is 6.29. The predicted molar refractivity (Wildman–Crippen MR) is 106 cm³/mol. The van der Waals surface area contributed by atoms with Crippen molar-refractivity contribution in [3.05, 3.63) is 42.5 Å². The van der Waals surface area contributed by atoms with Crippen molar-refractivity contribution < 1.29 is 4.74 Å². The SMILES string of the molecule is CN=C(NCc1ccc(-n2cncn2)cc1)NC1CC2CCC1O2.I. The van der Waals surface area contributed by atoms with Crippen molar-refractivity contribution in [2.45, 2.75) is 44.1 Å². The Bertz CT molecular complexity index is 702. The molecule has 2 bridgehead atoms. The zero-order valence-electron chi connectivity index (χ0n) is 14.1. The second kappa shape index (κ2) is 8.13. The first kappa shape index (κ1) is 18.1. The Morgan fingerprint density at radius 3 is 2.76 bits per heavy atom. The largest absolute Gasteiger partial charge is 0.373 e. The summed E-state index contributed by atoms with van der Waals surface area (Å²) in [5.41, 5.74) is 2.18. The van der Waals surface area contributed by atoms with E-state index in [-0.39, 0.29) is 24.0 Å². The van der Waals surface area contributed by atoms with E-state index in [4.69, 9.17) is 4.74 Å². The average Bonchev–Trinajstić information content (AvgIpc) is 3.36. The second-order valence-corrected chi connectivity index (χ2v) is 6.29. The summed E-state index contributed by atoms with van der Waals surface area (Å²) in [5.74, 6) is 0.830. The van der Waals surface area contributed by atoms with Gasteiger partial charge in [-0.2, -0.15) is 5.10 Å². The normalized spacial score (nSPS) is 24.8. The Kier molecular flexibility index (Phi) is 5.89. The highest BCUT2D eigenvalue weighted by Gasteiger charge is 2.41. The number of guanidine groups is 1. The number of hydrogen-bond donors (Lipinski definition) is 2. The van der Waals surface area contributed by atoms with Crippen molar-refractivity contribution >= 4 is 29.9 Å². The fraction of sp³-hybridized carbons (Fsp3) is 0.471. The van der Waals surface area contributed by atoms with Gasteiger partial charge >= 0.3 is 0 Å². The van der Waals surface area contributed by atoms with Crippen LogP contribution in [0.3, 0.4) is 0 Å². The third-order valence-electron chi connectivity index (χ3n) is 4.73. The maximum atomic E-state index is 5.88. The van der Waals surface area contributed by atoms with Gasteiger partial charge in [-0.05, 0) is 37.0 Å². The van der Waals surface area contributed by atoms with Gasteiger partial charge < -0.3 is 15.4 Å². The summed E-state index contributed by atoms with van der Waals surface area (Å²) in [7, 11) is 1.80. The molecule has 2 N–H and O–H groups in total. The summed E-state index contributed by atoms with van der Waals surface area (Å²) in [6.07, 6.45) is 7.44. The first-order chi connectivity index (χ1) is 11.8. The topological polar surface area (TPSA) is 76.4 Å². The fourth-order valence-corrected chi connectivity index (χ4v) is 3.45. The maximum absolute atomic E-state index is 5.88. The Labute approximate surface area is 164 Å². The van der Waals surface area contributed by atoms with Crippen molar-refractivity contribution in [1.82, 2.24) is 25.4 Å². The van der Waals surface area contributed by atoms with Gasteiger partial charge in [0.05, 0.1) is 23.9 Å². The number of fused-ring (bicyclic) bond motifs is 2. The lowest BCUT2D eigenvalue weighted by atomic mass is 9.96. The predicted octanol–water partition coefficient (Wildman–Crippen LogP) is 1.87. The minimum Gasteiger partial charge on any atom is -0.373 e. The molecule has 3 unspecified atom stereocenters. The number of nitrogens with one attached hydrogen (secondary N) is 2. The molecule has 0 radical (unpaired) electrons. The number of rotatable bonds is 4. The molecule has 0 aliphatic carbocycles. The molecule has 134 valence electrons. The molecule has 25 heavy (non-hydrogen) atoms. The summed E-state index contributed by atoms with van der Waals surface area (Å²) < 4.78 is 7.63. The van der Waals surface area contributed by atoms with E-state index in [0.717, 1.165) is 31.0 Å². The molecule has 8 heteroatoms. The molecule has 3 atom stereocenters. The number of hydrogen-bond acceptors (Lipinski definition) is 4.